The van der Waals surface area contributed by atoms with E-state index in [-0.39, 0.29) is 31.7 Å². The summed E-state index contributed by atoms with van der Waals surface area (Å²) in [6.45, 7) is 2.99. The highest BCUT2D eigenvalue weighted by molar-refractivity contribution is 5.69. The molecule has 2 N–H and O–H groups in total. The Labute approximate surface area is 187 Å². The smallest absolute Gasteiger partial charge is 0.305 e. The molecule has 0 aromatic rings. The summed E-state index contributed by atoms with van der Waals surface area (Å²) in [4.78, 5) is 22.2. The van der Waals surface area contributed by atoms with Gasteiger partial charge in [-0.25, -0.2) is 0 Å². The first kappa shape index (κ1) is 28.8. The Hall–Kier alpha value is -2.18. The van der Waals surface area contributed by atoms with E-state index in [1.54, 1.807) is 0 Å². The summed E-state index contributed by atoms with van der Waals surface area (Å²) in [6.07, 6.45) is 22.5. The van der Waals surface area contributed by atoms with Crippen LogP contribution in [0.4, 0.5) is 0 Å². The molecule has 0 aliphatic rings. The molecule has 6 nitrogen and oxygen atoms in total. The molecule has 2 atom stereocenters. The van der Waals surface area contributed by atoms with Crippen molar-refractivity contribution in [3.63, 3.8) is 0 Å². The predicted molar refractivity (Wildman–Crippen MR) is 123 cm³/mol. The van der Waals surface area contributed by atoms with Crippen LogP contribution >= 0.6 is 0 Å². The third kappa shape index (κ3) is 22.3. The topological polar surface area (TPSA) is 93.1 Å². The van der Waals surface area contributed by atoms with Gasteiger partial charge in [0.2, 0.25) is 0 Å². The van der Waals surface area contributed by atoms with Crippen LogP contribution in [0.2, 0.25) is 0 Å². The number of ether oxygens (including phenoxy) is 2. The quantitative estimate of drug-likeness (QED) is 0.186. The van der Waals surface area contributed by atoms with Crippen LogP contribution in [0.5, 0.6) is 0 Å². The standard InChI is InChI=1S/C25H40O6/c1-3-17-23(27)18-15-13-11-9-7-5-4-6-8-10-12-14-16-19-25(29)31-21-24(28)20-30-22(2)26/h4,6-7,9-10,12-13,15,23-24,27-28H,3,5,8,11,14,16-21H2,1-2H3/b6-4-,9-7-,12-10-,15-13-/t23?,24-/m1/s1. The molecule has 1 unspecified atom stereocenters. The molecule has 0 aromatic carbocycles. The van der Waals surface area contributed by atoms with Crippen molar-refractivity contribution in [2.24, 2.45) is 0 Å². The van der Waals surface area contributed by atoms with Crippen LogP contribution in [0.25, 0.3) is 0 Å². The highest BCUT2D eigenvalue weighted by Crippen LogP contribution is 2.03. The van der Waals surface area contributed by atoms with Gasteiger partial charge in [-0.15, -0.1) is 0 Å². The minimum atomic E-state index is -0.990. The Kier molecular flexibility index (Phi) is 19.6. The Balaban J connectivity index is 3.61. The zero-order chi connectivity index (χ0) is 23.2. The van der Waals surface area contributed by atoms with E-state index in [0.717, 1.165) is 44.9 Å². The minimum Gasteiger partial charge on any atom is -0.463 e. The van der Waals surface area contributed by atoms with Crippen LogP contribution in [0.1, 0.15) is 71.6 Å². The van der Waals surface area contributed by atoms with Gasteiger partial charge in [0.1, 0.15) is 19.3 Å². The molecule has 0 amide bonds. The first-order valence-electron chi connectivity index (χ1n) is 11.2. The van der Waals surface area contributed by atoms with E-state index in [2.05, 4.69) is 48.1 Å². The van der Waals surface area contributed by atoms with Crippen molar-refractivity contribution >= 4 is 11.9 Å². The Morgan fingerprint density at radius 1 is 0.806 bits per heavy atom. The van der Waals surface area contributed by atoms with Crippen molar-refractivity contribution in [1.29, 1.82) is 0 Å². The number of carbonyl (C=O) groups excluding carboxylic acids is 2. The molecule has 0 saturated heterocycles. The number of esters is 2. The van der Waals surface area contributed by atoms with Gasteiger partial charge in [-0.05, 0) is 44.9 Å². The van der Waals surface area contributed by atoms with E-state index < -0.39 is 12.1 Å². The second-order valence-electron chi connectivity index (χ2n) is 7.30. The number of aliphatic hydroxyl groups excluding tert-OH is 2. The van der Waals surface area contributed by atoms with E-state index in [0.29, 0.717) is 6.42 Å². The Bertz CT molecular complexity index is 577. The van der Waals surface area contributed by atoms with Gasteiger partial charge in [0, 0.05) is 13.3 Å². The van der Waals surface area contributed by atoms with Crippen LogP contribution in [0, 0.1) is 0 Å². The van der Waals surface area contributed by atoms with Gasteiger partial charge in [-0.2, -0.15) is 0 Å². The van der Waals surface area contributed by atoms with Gasteiger partial charge in [-0.1, -0.05) is 62.0 Å². The van der Waals surface area contributed by atoms with Crippen LogP contribution < -0.4 is 0 Å². The predicted octanol–water partition coefficient (Wildman–Crippen LogP) is 4.57. The van der Waals surface area contributed by atoms with E-state index in [1.807, 2.05) is 12.2 Å². The van der Waals surface area contributed by atoms with Crippen molar-refractivity contribution in [2.45, 2.75) is 83.8 Å². The monoisotopic (exact) mass is 436 g/mol. The van der Waals surface area contributed by atoms with Crippen LogP contribution in [-0.4, -0.2) is 47.6 Å². The highest BCUT2D eigenvalue weighted by Gasteiger charge is 2.09. The molecule has 0 rings (SSSR count). The van der Waals surface area contributed by atoms with E-state index >= 15 is 0 Å². The molecule has 0 spiro atoms. The first-order valence-corrected chi connectivity index (χ1v) is 11.2. The van der Waals surface area contributed by atoms with Gasteiger partial charge in [-0.3, -0.25) is 9.59 Å². The van der Waals surface area contributed by atoms with Crippen molar-refractivity contribution in [3.05, 3.63) is 48.6 Å². The van der Waals surface area contributed by atoms with Crippen LogP contribution in [0.15, 0.2) is 48.6 Å². The SMILES string of the molecule is CCCC(O)C/C=C\C/C=C\C/C=C\C/C=C\CCCC(=O)OC[C@H](O)COC(C)=O. The zero-order valence-electron chi connectivity index (χ0n) is 19.1. The molecule has 0 aromatic heterocycles. The lowest BCUT2D eigenvalue weighted by Gasteiger charge is -2.10. The molecule has 0 bridgehead atoms. The lowest BCUT2D eigenvalue weighted by molar-refractivity contribution is -0.151. The van der Waals surface area contributed by atoms with Gasteiger partial charge in [0.05, 0.1) is 6.10 Å². The number of rotatable bonds is 18. The van der Waals surface area contributed by atoms with Gasteiger partial charge in [0.15, 0.2) is 0 Å². The lowest BCUT2D eigenvalue weighted by atomic mass is 10.1. The Morgan fingerprint density at radius 3 is 1.94 bits per heavy atom. The molecular weight excluding hydrogens is 396 g/mol. The summed E-state index contributed by atoms with van der Waals surface area (Å²) in [6, 6.07) is 0. The molecule has 0 heterocycles. The summed E-state index contributed by atoms with van der Waals surface area (Å²) in [5.74, 6) is -0.847. The van der Waals surface area contributed by atoms with Crippen molar-refractivity contribution in [1.82, 2.24) is 0 Å². The molecule has 0 saturated carbocycles. The minimum absolute atomic E-state index is 0.167. The molecule has 6 heteroatoms. The number of unbranched alkanes of at least 4 members (excludes halogenated alkanes) is 1. The maximum Gasteiger partial charge on any atom is 0.305 e. The third-order valence-corrected chi connectivity index (χ3v) is 4.18. The molecule has 0 fully saturated rings. The van der Waals surface area contributed by atoms with E-state index in [9.17, 15) is 19.8 Å². The number of allylic oxidation sites excluding steroid dienone is 7. The van der Waals surface area contributed by atoms with E-state index in [4.69, 9.17) is 4.74 Å². The molecular formula is C25H40O6. The van der Waals surface area contributed by atoms with Crippen LogP contribution in [-0.2, 0) is 19.1 Å². The highest BCUT2D eigenvalue weighted by atomic mass is 16.6. The van der Waals surface area contributed by atoms with Crippen molar-refractivity contribution < 1.29 is 29.3 Å². The first-order chi connectivity index (χ1) is 15.0. The zero-order valence-corrected chi connectivity index (χ0v) is 19.1. The maximum absolute atomic E-state index is 11.6. The fourth-order valence-corrected chi connectivity index (χ4v) is 2.52. The number of hydrogen-bond donors (Lipinski definition) is 2. The summed E-state index contributed by atoms with van der Waals surface area (Å²) in [7, 11) is 0. The Morgan fingerprint density at radius 2 is 1.35 bits per heavy atom. The molecule has 0 aliphatic heterocycles. The number of carbonyl (C=O) groups is 2. The third-order valence-electron chi connectivity index (χ3n) is 4.18. The fourth-order valence-electron chi connectivity index (χ4n) is 2.52. The van der Waals surface area contributed by atoms with Crippen molar-refractivity contribution in [3.8, 4) is 0 Å². The summed E-state index contributed by atoms with van der Waals surface area (Å²) >= 11 is 0. The average molecular weight is 437 g/mol. The lowest BCUT2D eigenvalue weighted by Crippen LogP contribution is -2.24. The summed E-state index contributed by atoms with van der Waals surface area (Å²) in [5, 5.41) is 19.1. The fraction of sp³-hybridized carbons (Fsp3) is 0.600. The normalized spacial score (nSPS) is 14.1. The second kappa shape index (κ2) is 21.1. The molecule has 0 aliphatic carbocycles. The second-order valence-corrected chi connectivity index (χ2v) is 7.30. The molecule has 176 valence electrons. The molecule has 31 heavy (non-hydrogen) atoms. The van der Waals surface area contributed by atoms with Crippen molar-refractivity contribution in [2.75, 3.05) is 13.2 Å². The molecule has 0 radical (unpaired) electrons. The van der Waals surface area contributed by atoms with Crippen LogP contribution in [0.3, 0.4) is 0 Å². The van der Waals surface area contributed by atoms with Gasteiger partial charge in [0.25, 0.3) is 0 Å². The summed E-state index contributed by atoms with van der Waals surface area (Å²) in [5.41, 5.74) is 0. The number of hydrogen-bond acceptors (Lipinski definition) is 6. The largest absolute Gasteiger partial charge is 0.463 e. The maximum atomic E-state index is 11.6. The summed E-state index contributed by atoms with van der Waals surface area (Å²) < 4.78 is 9.56. The van der Waals surface area contributed by atoms with Gasteiger partial charge >= 0.3 is 11.9 Å². The van der Waals surface area contributed by atoms with E-state index in [1.165, 1.54) is 6.92 Å². The van der Waals surface area contributed by atoms with Gasteiger partial charge < -0.3 is 19.7 Å². The average Bonchev–Trinajstić information content (AvgIpc) is 2.73. The number of aliphatic hydroxyl groups is 2.